The van der Waals surface area contributed by atoms with E-state index in [0.717, 1.165) is 21.3 Å². The number of aliphatic carboxylic acids is 1. The Labute approximate surface area is 181 Å². The number of rotatable bonds is 7. The lowest BCUT2D eigenvalue weighted by Gasteiger charge is -2.20. The van der Waals surface area contributed by atoms with Gasteiger partial charge in [-0.15, -0.1) is 11.3 Å². The van der Waals surface area contributed by atoms with Crippen molar-refractivity contribution in [2.24, 2.45) is 5.92 Å². The number of carbonyl (C=O) groups is 2. The monoisotopic (exact) mass is 473 g/mol. The Balaban J connectivity index is 1.86. The second-order valence-electron chi connectivity index (χ2n) is 6.92. The van der Waals surface area contributed by atoms with Gasteiger partial charge >= 0.3 is 5.97 Å². The second kappa shape index (κ2) is 9.28. The molecule has 0 fully saturated rings. The van der Waals surface area contributed by atoms with Gasteiger partial charge in [0.15, 0.2) is 5.82 Å². The highest BCUT2D eigenvalue weighted by Crippen LogP contribution is 2.26. The zero-order valence-corrected chi connectivity index (χ0v) is 18.4. The highest BCUT2D eigenvalue weighted by Gasteiger charge is 2.22. The van der Waals surface area contributed by atoms with Gasteiger partial charge in [0.05, 0.1) is 9.35 Å². The van der Waals surface area contributed by atoms with Crippen molar-refractivity contribution in [3.05, 3.63) is 63.0 Å². The van der Waals surface area contributed by atoms with Crippen molar-refractivity contribution < 1.29 is 14.7 Å². The largest absolute Gasteiger partial charge is 0.480 e. The van der Waals surface area contributed by atoms with Gasteiger partial charge in [0.2, 0.25) is 0 Å². The second-order valence-corrected chi connectivity index (χ2v) is 9.00. The molecule has 0 spiro atoms. The maximum Gasteiger partial charge on any atom is 0.323 e. The summed E-state index contributed by atoms with van der Waals surface area (Å²) in [6.45, 7) is 3.83. The number of amides is 1. The van der Waals surface area contributed by atoms with Crippen LogP contribution in [0.25, 0.3) is 11.4 Å². The lowest BCUT2D eigenvalue weighted by Crippen LogP contribution is -2.35. The number of halogens is 1. The Morgan fingerprint density at radius 3 is 2.34 bits per heavy atom. The minimum Gasteiger partial charge on any atom is -0.480 e. The van der Waals surface area contributed by atoms with E-state index in [2.05, 4.69) is 39.7 Å². The van der Waals surface area contributed by atoms with Crippen molar-refractivity contribution in [3.8, 4) is 11.4 Å². The highest BCUT2D eigenvalue weighted by molar-refractivity contribution is 9.10. The van der Waals surface area contributed by atoms with Crippen molar-refractivity contribution in [1.82, 2.24) is 9.97 Å². The lowest BCUT2D eigenvalue weighted by molar-refractivity contribution is -0.135. The summed E-state index contributed by atoms with van der Waals surface area (Å²) < 4.78 is 0.781. The lowest BCUT2D eigenvalue weighted by atomic mass is 10.1. The van der Waals surface area contributed by atoms with Crippen LogP contribution in [0.2, 0.25) is 0 Å². The van der Waals surface area contributed by atoms with E-state index >= 15 is 0 Å². The third kappa shape index (κ3) is 5.48. The summed E-state index contributed by atoms with van der Waals surface area (Å²) in [7, 11) is 0. The van der Waals surface area contributed by atoms with E-state index in [1.807, 2.05) is 6.07 Å². The first kappa shape index (κ1) is 21.1. The molecule has 0 saturated carbocycles. The molecule has 0 atom stereocenters. The first-order chi connectivity index (χ1) is 13.8. The molecule has 0 unspecified atom stereocenters. The number of thiophene rings is 1. The third-order valence-corrected chi connectivity index (χ3v) is 5.58. The van der Waals surface area contributed by atoms with Crippen LogP contribution in [0.15, 0.2) is 53.3 Å². The van der Waals surface area contributed by atoms with Crippen molar-refractivity contribution in [1.29, 1.82) is 0 Å². The Kier molecular flexibility index (Phi) is 6.76. The molecule has 8 heteroatoms. The molecule has 6 nitrogen and oxygen atoms in total. The van der Waals surface area contributed by atoms with Gasteiger partial charge in [-0.1, -0.05) is 13.8 Å². The van der Waals surface area contributed by atoms with E-state index in [4.69, 9.17) is 0 Å². The van der Waals surface area contributed by atoms with Crippen LogP contribution in [-0.2, 0) is 11.2 Å². The Bertz CT molecular complexity index is 1000. The molecule has 150 valence electrons. The minimum absolute atomic E-state index is 0.319. The summed E-state index contributed by atoms with van der Waals surface area (Å²) in [5.41, 5.74) is 1.29. The Morgan fingerprint density at radius 1 is 1.10 bits per heavy atom. The summed E-state index contributed by atoms with van der Waals surface area (Å²) in [5.74, 6) is -0.356. The number of hydrogen-bond donors (Lipinski definition) is 1. The fraction of sp³-hybridized carbons (Fsp3) is 0.238. The predicted octanol–water partition coefficient (Wildman–Crippen LogP) is 4.90. The molecule has 29 heavy (non-hydrogen) atoms. The van der Waals surface area contributed by atoms with Crippen LogP contribution in [0.3, 0.4) is 0 Å². The van der Waals surface area contributed by atoms with Crippen LogP contribution in [0.1, 0.15) is 28.4 Å². The Hall–Kier alpha value is -2.58. The van der Waals surface area contributed by atoms with Crippen LogP contribution >= 0.6 is 27.3 Å². The SMILES string of the molecule is CC(C)Cc1ccc(C(=O)N(CC(=O)O)c2ccc(-c3ncc(Br)cn3)cc2)s1. The molecule has 0 radical (unpaired) electrons. The van der Waals surface area contributed by atoms with E-state index in [-0.39, 0.29) is 5.91 Å². The molecular formula is C21H20BrN3O3S. The number of hydrogen-bond acceptors (Lipinski definition) is 5. The van der Waals surface area contributed by atoms with Gasteiger partial charge in [-0.25, -0.2) is 9.97 Å². The summed E-state index contributed by atoms with van der Waals surface area (Å²) in [6, 6.07) is 10.7. The third-order valence-electron chi connectivity index (χ3n) is 4.08. The van der Waals surface area contributed by atoms with Gasteiger partial charge in [-0.05, 0) is 64.7 Å². The van der Waals surface area contributed by atoms with Gasteiger partial charge < -0.3 is 5.11 Å². The summed E-state index contributed by atoms with van der Waals surface area (Å²) in [4.78, 5) is 35.8. The zero-order chi connectivity index (χ0) is 21.0. The molecule has 0 aliphatic heterocycles. The molecule has 0 saturated heterocycles. The molecule has 3 aromatic rings. The quantitative estimate of drug-likeness (QED) is 0.527. The smallest absolute Gasteiger partial charge is 0.323 e. The zero-order valence-electron chi connectivity index (χ0n) is 16.0. The molecule has 0 aliphatic rings. The van der Waals surface area contributed by atoms with Crippen LogP contribution in [0.5, 0.6) is 0 Å². The van der Waals surface area contributed by atoms with E-state index in [9.17, 15) is 14.7 Å². The molecule has 0 aliphatic carbocycles. The van der Waals surface area contributed by atoms with E-state index in [1.165, 1.54) is 16.2 Å². The molecule has 2 aromatic heterocycles. The summed E-state index contributed by atoms with van der Waals surface area (Å²) in [6.07, 6.45) is 4.20. The van der Waals surface area contributed by atoms with Crippen molar-refractivity contribution in [2.45, 2.75) is 20.3 Å². The number of carboxylic acid groups (broad SMARTS) is 1. The first-order valence-electron chi connectivity index (χ1n) is 9.04. The van der Waals surface area contributed by atoms with E-state index in [1.54, 1.807) is 42.7 Å². The number of carboxylic acids is 1. The van der Waals surface area contributed by atoms with Crippen LogP contribution in [0, 0.1) is 5.92 Å². The first-order valence-corrected chi connectivity index (χ1v) is 10.6. The van der Waals surface area contributed by atoms with Crippen LogP contribution in [-0.4, -0.2) is 33.5 Å². The molecule has 0 bridgehead atoms. The number of benzene rings is 1. The van der Waals surface area contributed by atoms with Gasteiger partial charge in [-0.2, -0.15) is 0 Å². The van der Waals surface area contributed by atoms with Gasteiger partial charge in [0.25, 0.3) is 5.91 Å². The van der Waals surface area contributed by atoms with Gasteiger partial charge in [0.1, 0.15) is 6.54 Å². The molecule has 3 rings (SSSR count). The standard InChI is InChI=1S/C21H20BrN3O3S/c1-13(2)9-17-7-8-18(29-17)21(28)25(12-19(26)27)16-5-3-14(4-6-16)20-23-10-15(22)11-24-20/h3-8,10-11,13H,9,12H2,1-2H3,(H,26,27). The highest BCUT2D eigenvalue weighted by atomic mass is 79.9. The topological polar surface area (TPSA) is 83.4 Å². The molecule has 2 heterocycles. The average Bonchev–Trinajstić information content (AvgIpc) is 3.14. The normalized spacial score (nSPS) is 10.9. The van der Waals surface area contributed by atoms with E-state index in [0.29, 0.717) is 22.3 Å². The molecule has 1 aromatic carbocycles. The fourth-order valence-electron chi connectivity index (χ4n) is 2.81. The van der Waals surface area contributed by atoms with Gasteiger partial charge in [-0.3, -0.25) is 14.5 Å². The summed E-state index contributed by atoms with van der Waals surface area (Å²) >= 11 is 4.71. The number of carbonyl (C=O) groups excluding carboxylic acids is 1. The molecule has 1 N–H and O–H groups in total. The fourth-order valence-corrected chi connectivity index (χ4v) is 4.18. The van der Waals surface area contributed by atoms with Crippen molar-refractivity contribution in [2.75, 3.05) is 11.4 Å². The van der Waals surface area contributed by atoms with Crippen molar-refractivity contribution >= 4 is 44.8 Å². The maximum absolute atomic E-state index is 13.0. The molecule has 1 amide bonds. The Morgan fingerprint density at radius 2 is 1.76 bits per heavy atom. The summed E-state index contributed by atoms with van der Waals surface area (Å²) in [5, 5.41) is 9.31. The number of anilines is 1. The number of aromatic nitrogens is 2. The van der Waals surface area contributed by atoms with Crippen LogP contribution in [0.4, 0.5) is 5.69 Å². The van der Waals surface area contributed by atoms with Gasteiger partial charge in [0, 0.05) is 28.5 Å². The molecular weight excluding hydrogens is 454 g/mol. The number of nitrogens with zero attached hydrogens (tertiary/aromatic N) is 3. The predicted molar refractivity (Wildman–Crippen MR) is 117 cm³/mol. The van der Waals surface area contributed by atoms with Crippen LogP contribution < -0.4 is 4.90 Å². The average molecular weight is 474 g/mol. The van der Waals surface area contributed by atoms with Crippen molar-refractivity contribution in [3.63, 3.8) is 0 Å². The minimum atomic E-state index is -1.07. The van der Waals surface area contributed by atoms with E-state index < -0.39 is 12.5 Å². The maximum atomic E-state index is 13.0.